The minimum Gasteiger partial charge on any atom is -0.348 e. The Hall–Kier alpha value is -2.44. The number of rotatable bonds is 3. The topological polar surface area (TPSA) is 75.9 Å². The van der Waals surface area contributed by atoms with Gasteiger partial charge < -0.3 is 10.2 Å². The quantitative estimate of drug-likeness (QED) is 0.894. The smallest absolute Gasteiger partial charge is 0.271 e. The molecule has 0 atom stereocenters. The lowest BCUT2D eigenvalue weighted by molar-refractivity contribution is 0.0925. The number of piperidine rings is 1. The number of aryl methyl sites for hydroxylation is 1. The number of amides is 1. The van der Waals surface area contributed by atoms with Crippen LogP contribution >= 0.6 is 0 Å². The van der Waals surface area contributed by atoms with Crippen molar-refractivity contribution in [3.05, 3.63) is 36.4 Å². The number of hydrogen-bond donors (Lipinski definition) is 1. The molecule has 0 saturated carbocycles. The van der Waals surface area contributed by atoms with Gasteiger partial charge in [0.15, 0.2) is 0 Å². The van der Waals surface area contributed by atoms with E-state index in [9.17, 15) is 4.79 Å². The highest BCUT2D eigenvalue weighted by atomic mass is 16.2. The summed E-state index contributed by atoms with van der Waals surface area (Å²) in [6, 6.07) is 3.71. The summed E-state index contributed by atoms with van der Waals surface area (Å²) in [5.74, 6) is 0.650. The molecule has 7 heteroatoms. The van der Waals surface area contributed by atoms with Gasteiger partial charge in [0.25, 0.3) is 5.91 Å². The van der Waals surface area contributed by atoms with Gasteiger partial charge in [-0.2, -0.15) is 5.10 Å². The molecule has 0 radical (unpaired) electrons. The molecule has 0 bridgehead atoms. The van der Waals surface area contributed by atoms with Crippen molar-refractivity contribution in [2.75, 3.05) is 18.0 Å². The van der Waals surface area contributed by atoms with Gasteiger partial charge in [0.2, 0.25) is 5.95 Å². The van der Waals surface area contributed by atoms with E-state index in [-0.39, 0.29) is 11.9 Å². The van der Waals surface area contributed by atoms with Gasteiger partial charge >= 0.3 is 0 Å². The number of nitrogens with one attached hydrogen (secondary N) is 1. The average molecular weight is 286 g/mol. The third-order valence-corrected chi connectivity index (χ3v) is 3.61. The molecule has 0 aromatic carbocycles. The summed E-state index contributed by atoms with van der Waals surface area (Å²) >= 11 is 0. The zero-order chi connectivity index (χ0) is 14.7. The molecule has 2 aromatic heterocycles. The van der Waals surface area contributed by atoms with Crippen LogP contribution in [-0.4, -0.2) is 44.8 Å². The van der Waals surface area contributed by atoms with Crippen molar-refractivity contribution in [3.8, 4) is 0 Å². The lowest BCUT2D eigenvalue weighted by Gasteiger charge is -2.32. The first kappa shape index (κ1) is 13.5. The molecular formula is C14H18N6O. The third-order valence-electron chi connectivity index (χ3n) is 3.61. The molecule has 3 heterocycles. The first-order valence-corrected chi connectivity index (χ1v) is 7.05. The third kappa shape index (κ3) is 3.18. The first-order chi connectivity index (χ1) is 10.2. The molecule has 0 aliphatic carbocycles. The van der Waals surface area contributed by atoms with Gasteiger partial charge in [0.1, 0.15) is 5.69 Å². The van der Waals surface area contributed by atoms with E-state index in [1.54, 1.807) is 36.4 Å². The van der Waals surface area contributed by atoms with E-state index < -0.39 is 0 Å². The van der Waals surface area contributed by atoms with Crippen LogP contribution in [0.1, 0.15) is 23.3 Å². The van der Waals surface area contributed by atoms with Gasteiger partial charge in [0.05, 0.1) is 0 Å². The molecule has 7 nitrogen and oxygen atoms in total. The first-order valence-electron chi connectivity index (χ1n) is 7.05. The minimum absolute atomic E-state index is 0.106. The second-order valence-corrected chi connectivity index (χ2v) is 5.16. The predicted molar refractivity (Wildman–Crippen MR) is 77.9 cm³/mol. The summed E-state index contributed by atoms with van der Waals surface area (Å²) in [5.41, 5.74) is 0.464. The molecule has 1 fully saturated rings. The fourth-order valence-electron chi connectivity index (χ4n) is 2.47. The van der Waals surface area contributed by atoms with Crippen LogP contribution in [0.15, 0.2) is 30.7 Å². The second kappa shape index (κ2) is 5.90. The standard InChI is InChI=1S/C14H18N6O/c1-19-8-5-12(18-19)13(21)17-11-3-9-20(10-4-11)14-15-6-2-7-16-14/h2,5-8,11H,3-4,9-10H2,1H3,(H,17,21). The SMILES string of the molecule is Cn1ccc(C(=O)NC2CCN(c3ncccn3)CC2)n1. The summed E-state index contributed by atoms with van der Waals surface area (Å²) in [4.78, 5) is 22.7. The van der Waals surface area contributed by atoms with Crippen molar-refractivity contribution in [2.45, 2.75) is 18.9 Å². The summed E-state index contributed by atoms with van der Waals surface area (Å²) in [6.45, 7) is 1.69. The Labute approximate surface area is 123 Å². The second-order valence-electron chi connectivity index (χ2n) is 5.16. The highest BCUT2D eigenvalue weighted by Crippen LogP contribution is 2.15. The maximum atomic E-state index is 12.1. The molecule has 1 amide bonds. The Bertz CT molecular complexity index is 603. The summed E-state index contributed by atoms with van der Waals surface area (Å²) in [6.07, 6.45) is 7.03. The molecule has 110 valence electrons. The molecule has 1 saturated heterocycles. The van der Waals surface area contributed by atoms with Crippen LogP contribution in [0.4, 0.5) is 5.95 Å². The van der Waals surface area contributed by atoms with Crippen molar-refractivity contribution < 1.29 is 4.79 Å². The predicted octanol–water partition coefficient (Wildman–Crippen LogP) is 0.609. The van der Waals surface area contributed by atoms with Crippen LogP contribution in [-0.2, 0) is 7.05 Å². The Morgan fingerprint density at radius 2 is 2.00 bits per heavy atom. The average Bonchev–Trinajstić information content (AvgIpc) is 2.96. The highest BCUT2D eigenvalue weighted by molar-refractivity contribution is 5.92. The van der Waals surface area contributed by atoms with Gasteiger partial charge in [-0.05, 0) is 25.0 Å². The molecule has 21 heavy (non-hydrogen) atoms. The number of carbonyl (C=O) groups excluding carboxylic acids is 1. The molecule has 0 spiro atoms. The lowest BCUT2D eigenvalue weighted by atomic mass is 10.1. The van der Waals surface area contributed by atoms with E-state index in [1.165, 1.54) is 0 Å². The summed E-state index contributed by atoms with van der Waals surface area (Å²) < 4.78 is 1.63. The van der Waals surface area contributed by atoms with Gasteiger partial charge in [-0.1, -0.05) is 0 Å². The Morgan fingerprint density at radius 1 is 1.29 bits per heavy atom. The number of anilines is 1. The van der Waals surface area contributed by atoms with Gasteiger partial charge in [-0.25, -0.2) is 9.97 Å². The van der Waals surface area contributed by atoms with Crippen molar-refractivity contribution in [1.29, 1.82) is 0 Å². The Kier molecular flexibility index (Phi) is 3.81. The van der Waals surface area contributed by atoms with Gasteiger partial charge in [-0.3, -0.25) is 9.48 Å². The number of carbonyl (C=O) groups is 1. The molecule has 0 unspecified atom stereocenters. The van der Waals surface area contributed by atoms with Gasteiger partial charge in [-0.15, -0.1) is 0 Å². The van der Waals surface area contributed by atoms with E-state index in [1.807, 2.05) is 6.07 Å². The van der Waals surface area contributed by atoms with E-state index in [0.29, 0.717) is 5.69 Å². The molecule has 3 rings (SSSR count). The van der Waals surface area contributed by atoms with Crippen LogP contribution < -0.4 is 10.2 Å². The lowest BCUT2D eigenvalue weighted by Crippen LogP contribution is -2.45. The zero-order valence-electron chi connectivity index (χ0n) is 11.9. The van der Waals surface area contributed by atoms with Crippen LogP contribution in [0.3, 0.4) is 0 Å². The van der Waals surface area contributed by atoms with Crippen molar-refractivity contribution >= 4 is 11.9 Å². The monoisotopic (exact) mass is 286 g/mol. The maximum absolute atomic E-state index is 12.1. The van der Waals surface area contributed by atoms with Crippen LogP contribution in [0.2, 0.25) is 0 Å². The number of nitrogens with zero attached hydrogens (tertiary/aromatic N) is 5. The van der Waals surface area contributed by atoms with Crippen LogP contribution in [0.25, 0.3) is 0 Å². The molecule has 1 N–H and O–H groups in total. The van der Waals surface area contributed by atoms with E-state index >= 15 is 0 Å². The maximum Gasteiger partial charge on any atom is 0.271 e. The van der Waals surface area contributed by atoms with Crippen molar-refractivity contribution in [1.82, 2.24) is 25.1 Å². The molecule has 2 aromatic rings. The number of hydrogen-bond acceptors (Lipinski definition) is 5. The highest BCUT2D eigenvalue weighted by Gasteiger charge is 2.23. The van der Waals surface area contributed by atoms with Gasteiger partial charge in [0, 0.05) is 44.8 Å². The zero-order valence-corrected chi connectivity index (χ0v) is 11.9. The van der Waals surface area contributed by atoms with Crippen molar-refractivity contribution in [2.24, 2.45) is 7.05 Å². The molecule has 1 aliphatic rings. The Balaban J connectivity index is 1.53. The normalized spacial score (nSPS) is 16.0. The van der Waals surface area contributed by atoms with E-state index in [4.69, 9.17) is 0 Å². The largest absolute Gasteiger partial charge is 0.348 e. The van der Waals surface area contributed by atoms with E-state index in [0.717, 1.165) is 31.9 Å². The van der Waals surface area contributed by atoms with E-state index in [2.05, 4.69) is 25.3 Å². The number of aromatic nitrogens is 4. The molecular weight excluding hydrogens is 268 g/mol. The fourth-order valence-corrected chi connectivity index (χ4v) is 2.47. The van der Waals surface area contributed by atoms with Crippen molar-refractivity contribution in [3.63, 3.8) is 0 Å². The fraction of sp³-hybridized carbons (Fsp3) is 0.429. The van der Waals surface area contributed by atoms with Crippen LogP contribution in [0.5, 0.6) is 0 Å². The molecule has 1 aliphatic heterocycles. The Morgan fingerprint density at radius 3 is 2.62 bits per heavy atom. The van der Waals surface area contributed by atoms with Crippen LogP contribution in [0, 0.1) is 0 Å². The summed E-state index contributed by atoms with van der Waals surface area (Å²) in [5, 5.41) is 7.15. The minimum atomic E-state index is -0.106. The summed E-state index contributed by atoms with van der Waals surface area (Å²) in [7, 11) is 1.80.